The lowest BCUT2D eigenvalue weighted by molar-refractivity contribution is -0.394. The summed E-state index contributed by atoms with van der Waals surface area (Å²) in [6, 6.07) is 5.54. The van der Waals surface area contributed by atoms with E-state index < -0.39 is 32.3 Å². The van der Waals surface area contributed by atoms with Crippen LogP contribution in [0.4, 0.5) is 11.4 Å². The molecule has 0 aliphatic carbocycles. The van der Waals surface area contributed by atoms with E-state index in [1.54, 1.807) is 0 Å². The molecule has 1 aromatic carbocycles. The molecule has 0 aliphatic heterocycles. The third-order valence-corrected chi connectivity index (χ3v) is 3.28. The summed E-state index contributed by atoms with van der Waals surface area (Å²) in [5.41, 5.74) is -3.07. The Kier molecular flexibility index (Phi) is 3.37. The number of aromatic amines is 1. The first-order valence-electron chi connectivity index (χ1n) is 6.43. The number of non-ortho nitro benzene ring substituents is 1. The quantitative estimate of drug-likeness (QED) is 0.552. The molecule has 0 fully saturated rings. The van der Waals surface area contributed by atoms with Gasteiger partial charge in [0.1, 0.15) is 11.2 Å². The monoisotopic (exact) mass is 329 g/mol. The molecule has 3 rings (SSSR count). The van der Waals surface area contributed by atoms with Crippen molar-refractivity contribution in [2.75, 3.05) is 0 Å². The van der Waals surface area contributed by atoms with Crippen LogP contribution in [0.2, 0.25) is 0 Å². The summed E-state index contributed by atoms with van der Waals surface area (Å²) in [5, 5.41) is 24.1. The highest BCUT2D eigenvalue weighted by Crippen LogP contribution is 2.26. The summed E-state index contributed by atoms with van der Waals surface area (Å²) in [7, 11) is 0. The highest BCUT2D eigenvalue weighted by atomic mass is 16.6. The number of nitro groups is 2. The fraction of sp³-hybridized carbons (Fsp3) is 0. The van der Waals surface area contributed by atoms with E-state index >= 15 is 0 Å². The zero-order valence-electron chi connectivity index (χ0n) is 11.7. The van der Waals surface area contributed by atoms with Crippen molar-refractivity contribution in [1.82, 2.24) is 14.8 Å². The van der Waals surface area contributed by atoms with Crippen LogP contribution in [0.15, 0.2) is 46.1 Å². The molecule has 1 N–H and O–H groups in total. The lowest BCUT2D eigenvalue weighted by atomic mass is 10.2. The van der Waals surface area contributed by atoms with Crippen molar-refractivity contribution in [3.63, 3.8) is 0 Å². The molecule has 0 saturated carbocycles. The van der Waals surface area contributed by atoms with Gasteiger partial charge in [-0.1, -0.05) is 0 Å². The molecule has 0 spiro atoms. The molecule has 0 unspecified atom stereocenters. The number of fused-ring (bicyclic) bond motifs is 1. The van der Waals surface area contributed by atoms with Crippen molar-refractivity contribution in [3.05, 3.63) is 77.5 Å². The first-order chi connectivity index (χ1) is 11.4. The average molecular weight is 329 g/mol. The van der Waals surface area contributed by atoms with Crippen LogP contribution in [0.5, 0.6) is 0 Å². The Labute approximate surface area is 131 Å². The van der Waals surface area contributed by atoms with Gasteiger partial charge in [-0.25, -0.2) is 4.68 Å². The highest BCUT2D eigenvalue weighted by Gasteiger charge is 2.22. The molecule has 0 saturated heterocycles. The van der Waals surface area contributed by atoms with Crippen LogP contribution in [-0.4, -0.2) is 24.6 Å². The molecule has 3 aromatic rings. The normalized spacial score (nSPS) is 10.7. The Bertz CT molecular complexity index is 1120. The molecule has 24 heavy (non-hydrogen) atoms. The number of benzene rings is 1. The summed E-state index contributed by atoms with van der Waals surface area (Å²) < 4.78 is 0.675. The van der Waals surface area contributed by atoms with Crippen LogP contribution in [0.3, 0.4) is 0 Å². The van der Waals surface area contributed by atoms with Crippen molar-refractivity contribution < 1.29 is 9.85 Å². The Morgan fingerprint density at radius 3 is 2.50 bits per heavy atom. The predicted molar refractivity (Wildman–Crippen MR) is 81.3 cm³/mol. The van der Waals surface area contributed by atoms with Crippen molar-refractivity contribution in [2.45, 2.75) is 0 Å². The van der Waals surface area contributed by atoms with Gasteiger partial charge in [-0.05, 0) is 18.2 Å². The number of nitrogens with zero attached hydrogens (tertiary/aromatic N) is 4. The molecule has 11 heteroatoms. The molecule has 11 nitrogen and oxygen atoms in total. The average Bonchev–Trinajstić information content (AvgIpc) is 2.57. The van der Waals surface area contributed by atoms with Gasteiger partial charge in [-0.15, -0.1) is 0 Å². The van der Waals surface area contributed by atoms with Gasteiger partial charge in [-0.3, -0.25) is 39.9 Å². The molecule has 0 bridgehead atoms. The smallest absolute Gasteiger partial charge is 0.267 e. The zero-order chi connectivity index (χ0) is 17.4. The Balaban J connectivity index is 2.38. The highest BCUT2D eigenvalue weighted by molar-refractivity contribution is 5.76. The first-order valence-corrected chi connectivity index (χ1v) is 6.43. The summed E-state index contributed by atoms with van der Waals surface area (Å²) in [6.07, 6.45) is 1.33. The Morgan fingerprint density at radius 1 is 1.08 bits per heavy atom. The van der Waals surface area contributed by atoms with E-state index in [0.29, 0.717) is 10.7 Å². The number of H-pyrrole nitrogens is 1. The SMILES string of the molecule is O=c1[nH]n(-c2ccc([N+](=O)[O-])cc2[N+](=O)[O-])c(=O)c2cccnc12. The molecular weight excluding hydrogens is 322 g/mol. The lowest BCUT2D eigenvalue weighted by Crippen LogP contribution is -2.29. The molecule has 0 amide bonds. The number of nitro benzene ring substituents is 2. The van der Waals surface area contributed by atoms with Gasteiger partial charge >= 0.3 is 5.69 Å². The number of pyridine rings is 1. The van der Waals surface area contributed by atoms with Crippen LogP contribution in [0.25, 0.3) is 16.6 Å². The molecule has 0 radical (unpaired) electrons. The lowest BCUT2D eigenvalue weighted by Gasteiger charge is -2.07. The maximum Gasteiger partial charge on any atom is 0.301 e. The number of rotatable bonds is 3. The molecule has 120 valence electrons. The minimum atomic E-state index is -0.874. The maximum atomic E-state index is 12.5. The Morgan fingerprint density at radius 2 is 1.83 bits per heavy atom. The van der Waals surface area contributed by atoms with Gasteiger partial charge < -0.3 is 0 Å². The molecule has 0 aliphatic rings. The van der Waals surface area contributed by atoms with Crippen LogP contribution in [-0.2, 0) is 0 Å². The number of hydrogen-bond donors (Lipinski definition) is 1. The van der Waals surface area contributed by atoms with E-state index in [2.05, 4.69) is 10.1 Å². The van der Waals surface area contributed by atoms with Gasteiger partial charge in [0.2, 0.25) is 0 Å². The molecule has 0 atom stereocenters. The maximum absolute atomic E-state index is 12.5. The summed E-state index contributed by atoms with van der Waals surface area (Å²) in [6.45, 7) is 0. The van der Waals surface area contributed by atoms with E-state index in [0.717, 1.165) is 12.1 Å². The topological polar surface area (TPSA) is 154 Å². The molecule has 2 aromatic heterocycles. The predicted octanol–water partition coefficient (Wildman–Crippen LogP) is 0.890. The van der Waals surface area contributed by atoms with Crippen molar-refractivity contribution in [2.24, 2.45) is 0 Å². The van der Waals surface area contributed by atoms with Crippen LogP contribution in [0, 0.1) is 20.2 Å². The standard InChI is InChI=1S/C13H7N5O6/c19-12-11-8(2-1-5-14-11)13(20)16(15-12)9-4-3-7(17(21)22)6-10(9)18(23)24/h1-6H,(H,15,19). The van der Waals surface area contributed by atoms with Crippen molar-refractivity contribution in [1.29, 1.82) is 0 Å². The third kappa shape index (κ3) is 2.29. The van der Waals surface area contributed by atoms with Crippen LogP contribution < -0.4 is 11.1 Å². The largest absolute Gasteiger partial charge is 0.301 e. The molecular formula is C13H7N5O6. The van der Waals surface area contributed by atoms with Crippen LogP contribution in [0.1, 0.15) is 0 Å². The zero-order valence-corrected chi connectivity index (χ0v) is 11.7. The van der Waals surface area contributed by atoms with Gasteiger partial charge in [0.05, 0.1) is 21.3 Å². The second-order valence-corrected chi connectivity index (χ2v) is 4.67. The van der Waals surface area contributed by atoms with Gasteiger partial charge in [-0.2, -0.15) is 0 Å². The van der Waals surface area contributed by atoms with E-state index in [1.807, 2.05) is 0 Å². The number of aromatic nitrogens is 3. The summed E-state index contributed by atoms with van der Waals surface area (Å²) >= 11 is 0. The van der Waals surface area contributed by atoms with Crippen molar-refractivity contribution >= 4 is 22.3 Å². The van der Waals surface area contributed by atoms with E-state index in [-0.39, 0.29) is 16.6 Å². The number of hydrogen-bond acceptors (Lipinski definition) is 7. The van der Waals surface area contributed by atoms with Crippen molar-refractivity contribution in [3.8, 4) is 5.69 Å². The Hall–Kier alpha value is -3.89. The van der Waals surface area contributed by atoms with E-state index in [4.69, 9.17) is 0 Å². The minimum absolute atomic E-state index is 0.0334. The van der Waals surface area contributed by atoms with Gasteiger partial charge in [0, 0.05) is 12.3 Å². The fourth-order valence-corrected chi connectivity index (χ4v) is 2.21. The van der Waals surface area contributed by atoms with Gasteiger partial charge in [0.15, 0.2) is 0 Å². The summed E-state index contributed by atoms with van der Waals surface area (Å²) in [4.78, 5) is 48.6. The van der Waals surface area contributed by atoms with E-state index in [9.17, 15) is 29.8 Å². The second kappa shape index (κ2) is 5.39. The number of nitrogens with one attached hydrogen (secondary N) is 1. The fourth-order valence-electron chi connectivity index (χ4n) is 2.21. The minimum Gasteiger partial charge on any atom is -0.267 e. The molecule has 2 heterocycles. The summed E-state index contributed by atoms with van der Waals surface area (Å²) in [5.74, 6) is 0. The van der Waals surface area contributed by atoms with Crippen LogP contribution >= 0.6 is 0 Å². The van der Waals surface area contributed by atoms with Gasteiger partial charge in [0.25, 0.3) is 16.8 Å². The second-order valence-electron chi connectivity index (χ2n) is 4.67. The third-order valence-electron chi connectivity index (χ3n) is 3.28. The van der Waals surface area contributed by atoms with E-state index in [1.165, 1.54) is 18.3 Å². The first kappa shape index (κ1) is 15.0.